The molecule has 19 heavy (non-hydrogen) atoms. The van der Waals surface area contributed by atoms with Gasteiger partial charge in [0.25, 0.3) is 0 Å². The fourth-order valence-electron chi connectivity index (χ4n) is 2.56. The van der Waals surface area contributed by atoms with Gasteiger partial charge in [-0.15, -0.1) is 0 Å². The SMILES string of the molecule is O=C1C=Nc2ccc3c([nH]c4ccccc43)c2C1=O. The summed E-state index contributed by atoms with van der Waals surface area (Å²) >= 11 is 0. The molecule has 4 heteroatoms. The molecule has 0 aliphatic carbocycles. The third-order valence-electron chi connectivity index (χ3n) is 3.43. The number of aromatic nitrogens is 1. The number of nitrogens with zero attached hydrogens (tertiary/aromatic N) is 1. The summed E-state index contributed by atoms with van der Waals surface area (Å²) in [4.78, 5) is 30.8. The molecule has 0 atom stereocenters. The molecule has 3 aromatic rings. The van der Waals surface area contributed by atoms with Crippen molar-refractivity contribution in [3.05, 3.63) is 42.0 Å². The van der Waals surface area contributed by atoms with Gasteiger partial charge in [0, 0.05) is 16.3 Å². The molecular formula is C15H8N2O2. The van der Waals surface area contributed by atoms with Crippen LogP contribution in [0, 0.1) is 0 Å². The molecule has 2 aromatic carbocycles. The number of nitrogens with one attached hydrogen (secondary N) is 1. The van der Waals surface area contributed by atoms with Crippen LogP contribution in [0.2, 0.25) is 0 Å². The van der Waals surface area contributed by atoms with E-state index in [0.29, 0.717) is 16.8 Å². The molecule has 1 N–H and O–H groups in total. The van der Waals surface area contributed by atoms with Gasteiger partial charge in [0.05, 0.1) is 23.0 Å². The van der Waals surface area contributed by atoms with Gasteiger partial charge in [-0.2, -0.15) is 0 Å². The Kier molecular flexibility index (Phi) is 1.82. The lowest BCUT2D eigenvalue weighted by Gasteiger charge is -2.08. The predicted octanol–water partition coefficient (Wildman–Crippen LogP) is 2.79. The van der Waals surface area contributed by atoms with E-state index in [-0.39, 0.29) is 0 Å². The summed E-state index contributed by atoms with van der Waals surface area (Å²) in [5.74, 6) is -1.07. The molecule has 0 saturated heterocycles. The number of carbonyl (C=O) groups is 2. The van der Waals surface area contributed by atoms with Crippen LogP contribution in [0.1, 0.15) is 10.4 Å². The molecule has 0 radical (unpaired) electrons. The number of para-hydroxylation sites is 1. The molecule has 1 aliphatic rings. The van der Waals surface area contributed by atoms with Gasteiger partial charge < -0.3 is 4.98 Å². The van der Waals surface area contributed by atoms with Crippen molar-refractivity contribution in [2.75, 3.05) is 0 Å². The molecule has 0 bridgehead atoms. The first-order valence-corrected chi connectivity index (χ1v) is 5.92. The molecule has 2 heterocycles. The van der Waals surface area contributed by atoms with Gasteiger partial charge in [0.15, 0.2) is 0 Å². The van der Waals surface area contributed by atoms with Crippen molar-refractivity contribution in [2.24, 2.45) is 4.99 Å². The first-order chi connectivity index (χ1) is 9.25. The lowest BCUT2D eigenvalue weighted by molar-refractivity contribution is -0.109. The average molecular weight is 248 g/mol. The Morgan fingerprint density at radius 1 is 0.947 bits per heavy atom. The smallest absolute Gasteiger partial charge is 0.244 e. The van der Waals surface area contributed by atoms with E-state index in [0.717, 1.165) is 22.5 Å². The minimum absolute atomic E-state index is 0.376. The third-order valence-corrected chi connectivity index (χ3v) is 3.43. The second-order valence-corrected chi connectivity index (χ2v) is 4.50. The monoisotopic (exact) mass is 248 g/mol. The van der Waals surface area contributed by atoms with Crippen molar-refractivity contribution in [2.45, 2.75) is 0 Å². The van der Waals surface area contributed by atoms with Crippen LogP contribution in [-0.2, 0) is 4.79 Å². The number of hydrogen-bond donors (Lipinski definition) is 1. The van der Waals surface area contributed by atoms with Crippen molar-refractivity contribution >= 4 is 45.3 Å². The Bertz CT molecular complexity index is 903. The van der Waals surface area contributed by atoms with E-state index in [1.165, 1.54) is 0 Å². The lowest BCUT2D eigenvalue weighted by atomic mass is 9.99. The van der Waals surface area contributed by atoms with Gasteiger partial charge in [-0.1, -0.05) is 24.3 Å². The first kappa shape index (κ1) is 10.2. The van der Waals surface area contributed by atoms with E-state index in [2.05, 4.69) is 9.98 Å². The normalized spacial score (nSPS) is 14.3. The summed E-state index contributed by atoms with van der Waals surface area (Å²) in [6, 6.07) is 11.5. The van der Waals surface area contributed by atoms with Crippen LogP contribution in [0.4, 0.5) is 5.69 Å². The van der Waals surface area contributed by atoms with E-state index in [4.69, 9.17) is 0 Å². The summed E-state index contributed by atoms with van der Waals surface area (Å²) in [6.07, 6.45) is 1.08. The Balaban J connectivity index is 2.22. The van der Waals surface area contributed by atoms with Gasteiger partial charge in [-0.25, -0.2) is 0 Å². The van der Waals surface area contributed by atoms with E-state index >= 15 is 0 Å². The maximum absolute atomic E-state index is 12.0. The summed E-state index contributed by atoms with van der Waals surface area (Å²) < 4.78 is 0. The highest BCUT2D eigenvalue weighted by Gasteiger charge is 2.25. The van der Waals surface area contributed by atoms with Gasteiger partial charge in [-0.3, -0.25) is 14.6 Å². The summed E-state index contributed by atoms with van der Waals surface area (Å²) in [5.41, 5.74) is 2.56. The number of ketones is 2. The number of aromatic amines is 1. The second kappa shape index (κ2) is 3.38. The Morgan fingerprint density at radius 3 is 2.68 bits per heavy atom. The molecule has 1 aromatic heterocycles. The summed E-state index contributed by atoms with van der Waals surface area (Å²) in [6.45, 7) is 0. The van der Waals surface area contributed by atoms with Crippen molar-refractivity contribution in [1.82, 2.24) is 4.98 Å². The maximum Gasteiger partial charge on any atom is 0.244 e. The number of Topliss-reactive ketones (excluding diaryl/α,β-unsaturated/α-hetero) is 2. The standard InChI is InChI=1S/C15H8N2O2/c18-12-7-16-11-6-5-9-8-3-1-2-4-10(8)17-14(9)13(11)15(12)19/h1-7,17H. The number of hydrogen-bond acceptors (Lipinski definition) is 3. The van der Waals surface area contributed by atoms with Gasteiger partial charge in [0.2, 0.25) is 11.6 Å². The van der Waals surface area contributed by atoms with Crippen molar-refractivity contribution < 1.29 is 9.59 Å². The fourth-order valence-corrected chi connectivity index (χ4v) is 2.56. The topological polar surface area (TPSA) is 62.3 Å². The van der Waals surface area contributed by atoms with Crippen LogP contribution >= 0.6 is 0 Å². The molecule has 4 rings (SSSR count). The Labute approximate surface area is 107 Å². The molecule has 4 nitrogen and oxygen atoms in total. The minimum Gasteiger partial charge on any atom is -0.354 e. The number of benzene rings is 2. The zero-order valence-corrected chi connectivity index (χ0v) is 9.81. The van der Waals surface area contributed by atoms with Gasteiger partial charge >= 0.3 is 0 Å². The van der Waals surface area contributed by atoms with Gasteiger partial charge in [0.1, 0.15) is 0 Å². The molecule has 90 valence electrons. The molecule has 0 amide bonds. The van der Waals surface area contributed by atoms with E-state index < -0.39 is 11.6 Å². The average Bonchev–Trinajstić information content (AvgIpc) is 2.81. The molecule has 1 aliphatic heterocycles. The zero-order chi connectivity index (χ0) is 13.0. The van der Waals surface area contributed by atoms with Crippen LogP contribution < -0.4 is 0 Å². The maximum atomic E-state index is 12.0. The van der Waals surface area contributed by atoms with E-state index in [1.54, 1.807) is 6.07 Å². The molecule has 0 saturated carbocycles. The highest BCUT2D eigenvalue weighted by molar-refractivity contribution is 6.65. The molecule has 0 unspecified atom stereocenters. The largest absolute Gasteiger partial charge is 0.354 e. The van der Waals surface area contributed by atoms with Crippen LogP contribution in [-0.4, -0.2) is 22.8 Å². The summed E-state index contributed by atoms with van der Waals surface area (Å²) in [5, 5.41) is 1.97. The van der Waals surface area contributed by atoms with Crippen LogP contribution in [0.5, 0.6) is 0 Å². The second-order valence-electron chi connectivity index (χ2n) is 4.50. The van der Waals surface area contributed by atoms with Crippen molar-refractivity contribution in [1.29, 1.82) is 0 Å². The number of aliphatic imine (C=N–C) groups is 1. The zero-order valence-electron chi connectivity index (χ0n) is 9.81. The quantitative estimate of drug-likeness (QED) is 0.622. The fraction of sp³-hybridized carbons (Fsp3) is 0. The van der Waals surface area contributed by atoms with Crippen LogP contribution in [0.25, 0.3) is 21.8 Å². The third kappa shape index (κ3) is 1.25. The van der Waals surface area contributed by atoms with Crippen molar-refractivity contribution in [3.63, 3.8) is 0 Å². The van der Waals surface area contributed by atoms with E-state index in [1.807, 2.05) is 30.3 Å². The van der Waals surface area contributed by atoms with Crippen LogP contribution in [0.3, 0.4) is 0 Å². The number of carbonyl (C=O) groups excluding carboxylic acids is 2. The predicted molar refractivity (Wildman–Crippen MR) is 73.3 cm³/mol. The lowest BCUT2D eigenvalue weighted by Crippen LogP contribution is -2.19. The first-order valence-electron chi connectivity index (χ1n) is 5.92. The molecule has 0 fully saturated rings. The highest BCUT2D eigenvalue weighted by Crippen LogP contribution is 2.34. The Morgan fingerprint density at radius 2 is 1.79 bits per heavy atom. The highest BCUT2D eigenvalue weighted by atomic mass is 16.2. The number of fused-ring (bicyclic) bond motifs is 5. The Hall–Kier alpha value is -2.75. The van der Waals surface area contributed by atoms with E-state index in [9.17, 15) is 9.59 Å². The molecular weight excluding hydrogens is 240 g/mol. The van der Waals surface area contributed by atoms with Crippen molar-refractivity contribution in [3.8, 4) is 0 Å². The summed E-state index contributed by atoms with van der Waals surface area (Å²) in [7, 11) is 0. The minimum atomic E-state index is -0.571. The molecule has 0 spiro atoms. The number of H-pyrrole nitrogens is 1. The van der Waals surface area contributed by atoms with Gasteiger partial charge in [-0.05, 0) is 12.1 Å². The van der Waals surface area contributed by atoms with Crippen LogP contribution in [0.15, 0.2) is 41.4 Å². The number of rotatable bonds is 0.